The van der Waals surface area contributed by atoms with Crippen molar-refractivity contribution in [2.45, 2.75) is 20.0 Å². The fourth-order valence-electron chi connectivity index (χ4n) is 2.17. The summed E-state index contributed by atoms with van der Waals surface area (Å²) >= 11 is 0. The molecule has 5 heteroatoms. The van der Waals surface area contributed by atoms with E-state index in [1.165, 1.54) is 19.1 Å². The molecule has 130 valence electrons. The van der Waals surface area contributed by atoms with Gasteiger partial charge in [-0.15, -0.1) is 0 Å². The van der Waals surface area contributed by atoms with Crippen molar-refractivity contribution in [1.82, 2.24) is 5.32 Å². The van der Waals surface area contributed by atoms with E-state index in [0.29, 0.717) is 13.0 Å². The summed E-state index contributed by atoms with van der Waals surface area (Å²) < 4.78 is 18.5. The molecular formula is C20H20FNO3. The molecule has 1 amide bonds. The lowest BCUT2D eigenvalue weighted by Gasteiger charge is -2.06. The van der Waals surface area contributed by atoms with Crippen LogP contribution < -0.4 is 5.32 Å². The lowest BCUT2D eigenvalue weighted by atomic mass is 10.1. The predicted octanol–water partition coefficient (Wildman–Crippen LogP) is 4.36. The third kappa shape index (κ3) is 6.22. The highest BCUT2D eigenvalue weighted by Gasteiger charge is 2.06. The zero-order chi connectivity index (χ0) is 18.1. The zero-order valence-electron chi connectivity index (χ0n) is 14.0. The van der Waals surface area contributed by atoms with Gasteiger partial charge in [-0.25, -0.2) is 9.18 Å². The fourth-order valence-corrected chi connectivity index (χ4v) is 2.17. The molecule has 0 saturated carbocycles. The minimum Gasteiger partial charge on any atom is -0.445 e. The summed E-state index contributed by atoms with van der Waals surface area (Å²) in [4.78, 5) is 22.9. The number of hydrogen-bond acceptors (Lipinski definition) is 3. The van der Waals surface area contributed by atoms with Crippen molar-refractivity contribution in [3.8, 4) is 0 Å². The van der Waals surface area contributed by atoms with Gasteiger partial charge in [0, 0.05) is 6.54 Å². The third-order valence-corrected chi connectivity index (χ3v) is 3.47. The van der Waals surface area contributed by atoms with E-state index in [2.05, 4.69) is 5.32 Å². The van der Waals surface area contributed by atoms with Crippen LogP contribution in [0, 0.1) is 5.82 Å². The maximum atomic E-state index is 13.4. The van der Waals surface area contributed by atoms with Crippen molar-refractivity contribution >= 4 is 18.0 Å². The summed E-state index contributed by atoms with van der Waals surface area (Å²) in [7, 11) is 0. The Kier molecular flexibility index (Phi) is 6.89. The summed E-state index contributed by atoms with van der Waals surface area (Å²) in [6, 6.07) is 13.8. The number of carbonyl (C=O) groups is 2. The maximum Gasteiger partial charge on any atom is 0.407 e. The molecule has 0 aliphatic carbocycles. The molecule has 0 atom stereocenters. The van der Waals surface area contributed by atoms with Crippen LogP contribution in [0.15, 0.2) is 54.6 Å². The normalized spacial score (nSPS) is 10.6. The molecule has 2 aromatic carbocycles. The third-order valence-electron chi connectivity index (χ3n) is 3.47. The first-order valence-corrected chi connectivity index (χ1v) is 7.98. The van der Waals surface area contributed by atoms with Gasteiger partial charge in [0.1, 0.15) is 12.4 Å². The van der Waals surface area contributed by atoms with Crippen LogP contribution in [0.5, 0.6) is 0 Å². The Hall–Kier alpha value is -2.95. The summed E-state index contributed by atoms with van der Waals surface area (Å²) in [5.74, 6) is -0.831. The van der Waals surface area contributed by atoms with E-state index in [4.69, 9.17) is 4.74 Å². The highest BCUT2D eigenvalue weighted by molar-refractivity contribution is 5.94. The molecule has 0 spiro atoms. The Balaban J connectivity index is 1.72. The molecule has 0 heterocycles. The highest BCUT2D eigenvalue weighted by atomic mass is 19.1. The van der Waals surface area contributed by atoms with Crippen LogP contribution in [0.1, 0.15) is 34.8 Å². The quantitative estimate of drug-likeness (QED) is 0.601. The molecule has 0 bridgehead atoms. The number of carbonyl (C=O) groups excluding carboxylic acids is 2. The number of amides is 1. The van der Waals surface area contributed by atoms with Crippen LogP contribution in [-0.2, 0) is 11.3 Å². The van der Waals surface area contributed by atoms with Crippen molar-refractivity contribution in [2.24, 2.45) is 0 Å². The number of Topliss-reactive ketones (excluding diaryl/α,β-unsaturated/α-hetero) is 1. The molecule has 25 heavy (non-hydrogen) atoms. The molecular weight excluding hydrogens is 321 g/mol. The Labute approximate surface area is 146 Å². The average Bonchev–Trinajstić information content (AvgIpc) is 2.61. The lowest BCUT2D eigenvalue weighted by molar-refractivity contribution is 0.101. The van der Waals surface area contributed by atoms with Gasteiger partial charge >= 0.3 is 6.09 Å². The van der Waals surface area contributed by atoms with E-state index < -0.39 is 11.9 Å². The Morgan fingerprint density at radius 1 is 1.16 bits per heavy atom. The minimum atomic E-state index is -0.521. The highest BCUT2D eigenvalue weighted by Crippen LogP contribution is 2.12. The topological polar surface area (TPSA) is 55.4 Å². The van der Waals surface area contributed by atoms with Crippen molar-refractivity contribution in [1.29, 1.82) is 0 Å². The van der Waals surface area contributed by atoms with Crippen LogP contribution in [-0.4, -0.2) is 18.4 Å². The van der Waals surface area contributed by atoms with Crippen LogP contribution in [0.3, 0.4) is 0 Å². The van der Waals surface area contributed by atoms with Crippen LogP contribution in [0.4, 0.5) is 9.18 Å². The number of rotatable bonds is 7. The smallest absolute Gasteiger partial charge is 0.407 e. The van der Waals surface area contributed by atoms with Gasteiger partial charge in [-0.05, 0) is 36.6 Å². The van der Waals surface area contributed by atoms with Crippen LogP contribution >= 0.6 is 0 Å². The number of ketones is 1. The first kappa shape index (κ1) is 18.4. The van der Waals surface area contributed by atoms with E-state index in [-0.39, 0.29) is 18.0 Å². The first-order chi connectivity index (χ1) is 12.1. The molecule has 2 aromatic rings. The number of hydrogen-bond donors (Lipinski definition) is 1. The van der Waals surface area contributed by atoms with Crippen LogP contribution in [0.2, 0.25) is 0 Å². The Morgan fingerprint density at radius 2 is 1.92 bits per heavy atom. The van der Waals surface area contributed by atoms with Gasteiger partial charge in [-0.1, -0.05) is 48.6 Å². The molecule has 0 aliphatic heterocycles. The standard InChI is InChI=1S/C20H20FNO3/c1-15(23)18-13-16(10-11-19(18)21)7-5-6-12-22-20(24)25-14-17-8-3-2-4-9-17/h2-5,7-11,13H,6,12,14H2,1H3,(H,22,24). The van der Waals surface area contributed by atoms with Crippen molar-refractivity contribution in [3.63, 3.8) is 0 Å². The molecule has 0 unspecified atom stereocenters. The summed E-state index contributed by atoms with van der Waals surface area (Å²) in [6.07, 6.45) is 3.74. The summed E-state index contributed by atoms with van der Waals surface area (Å²) in [5.41, 5.74) is 1.73. The Bertz CT molecular complexity index is 757. The molecule has 0 fully saturated rings. The van der Waals surface area contributed by atoms with E-state index in [9.17, 15) is 14.0 Å². The van der Waals surface area contributed by atoms with Gasteiger partial charge in [0.05, 0.1) is 5.56 Å². The van der Waals surface area contributed by atoms with Gasteiger partial charge in [-0.3, -0.25) is 4.79 Å². The molecule has 4 nitrogen and oxygen atoms in total. The lowest BCUT2D eigenvalue weighted by Crippen LogP contribution is -2.24. The minimum absolute atomic E-state index is 0.0739. The Morgan fingerprint density at radius 3 is 2.64 bits per heavy atom. The number of alkyl carbamates (subject to hydrolysis) is 1. The second-order valence-corrected chi connectivity index (χ2v) is 5.48. The average molecular weight is 341 g/mol. The van der Waals surface area contributed by atoms with E-state index in [1.807, 2.05) is 36.4 Å². The van der Waals surface area contributed by atoms with Gasteiger partial charge in [0.2, 0.25) is 0 Å². The fraction of sp³-hybridized carbons (Fsp3) is 0.200. The van der Waals surface area contributed by atoms with Gasteiger partial charge in [0.15, 0.2) is 5.78 Å². The first-order valence-electron chi connectivity index (χ1n) is 7.98. The number of ether oxygens (including phenoxy) is 1. The van der Waals surface area contributed by atoms with E-state index in [1.54, 1.807) is 12.1 Å². The largest absolute Gasteiger partial charge is 0.445 e. The maximum absolute atomic E-state index is 13.4. The van der Waals surface area contributed by atoms with E-state index >= 15 is 0 Å². The number of halogens is 1. The summed E-state index contributed by atoms with van der Waals surface area (Å²) in [6.45, 7) is 1.98. The second kappa shape index (κ2) is 9.37. The van der Waals surface area contributed by atoms with E-state index in [0.717, 1.165) is 11.1 Å². The molecule has 0 aromatic heterocycles. The van der Waals surface area contributed by atoms with Gasteiger partial charge < -0.3 is 10.1 Å². The molecule has 0 radical (unpaired) electrons. The summed E-state index contributed by atoms with van der Waals surface area (Å²) in [5, 5.41) is 2.65. The predicted molar refractivity (Wildman–Crippen MR) is 94.7 cm³/mol. The van der Waals surface area contributed by atoms with Gasteiger partial charge in [-0.2, -0.15) is 0 Å². The molecule has 0 aliphatic rings. The molecule has 0 saturated heterocycles. The zero-order valence-corrected chi connectivity index (χ0v) is 14.0. The number of benzene rings is 2. The van der Waals surface area contributed by atoms with Crippen LogP contribution in [0.25, 0.3) is 6.08 Å². The SMILES string of the molecule is CC(=O)c1cc(C=CCCNC(=O)OCc2ccccc2)ccc1F. The molecule has 2 rings (SSSR count). The monoisotopic (exact) mass is 341 g/mol. The van der Waals surface area contributed by atoms with Gasteiger partial charge in [0.25, 0.3) is 0 Å². The van der Waals surface area contributed by atoms with Crippen molar-refractivity contribution in [3.05, 3.63) is 77.1 Å². The number of nitrogens with one attached hydrogen (secondary N) is 1. The second-order valence-electron chi connectivity index (χ2n) is 5.48. The van der Waals surface area contributed by atoms with Crippen molar-refractivity contribution < 1.29 is 18.7 Å². The molecule has 1 N–H and O–H groups in total. The van der Waals surface area contributed by atoms with Crippen molar-refractivity contribution in [2.75, 3.05) is 6.54 Å².